The maximum atomic E-state index is 12.0. The van der Waals surface area contributed by atoms with Crippen LogP contribution < -0.4 is 0 Å². The van der Waals surface area contributed by atoms with Gasteiger partial charge in [-0.3, -0.25) is 0 Å². The summed E-state index contributed by atoms with van der Waals surface area (Å²) in [6, 6.07) is 10.6. The number of hydrogen-bond acceptors (Lipinski definition) is 1. The molecule has 0 spiro atoms. The first-order valence-electron chi connectivity index (χ1n) is 5.78. The summed E-state index contributed by atoms with van der Waals surface area (Å²) >= 11 is 0. The van der Waals surface area contributed by atoms with E-state index in [2.05, 4.69) is 26.0 Å². The molecule has 1 aromatic carbocycles. The first kappa shape index (κ1) is 11.0. The van der Waals surface area contributed by atoms with Gasteiger partial charge in [0.2, 0.25) is 0 Å². The van der Waals surface area contributed by atoms with Crippen LogP contribution >= 0.6 is 0 Å². The summed E-state index contributed by atoms with van der Waals surface area (Å²) in [6.45, 7) is 6.53. The zero-order valence-electron chi connectivity index (χ0n) is 9.89. The number of hydrogen-bond donors (Lipinski definition) is 0. The van der Waals surface area contributed by atoms with Crippen LogP contribution in [-0.4, -0.2) is 35.0 Å². The third kappa shape index (κ3) is 2.18. The van der Waals surface area contributed by atoms with Crippen LogP contribution in [-0.2, 0) is 6.54 Å². The van der Waals surface area contributed by atoms with Crippen LogP contribution in [0, 0.1) is 0 Å². The number of nitrogens with zero attached hydrogens (tertiary/aromatic N) is 2. The quantitative estimate of drug-likeness (QED) is 0.763. The molecule has 3 heteroatoms. The summed E-state index contributed by atoms with van der Waals surface area (Å²) < 4.78 is 0. The van der Waals surface area contributed by atoms with Gasteiger partial charge in [0, 0.05) is 25.7 Å². The van der Waals surface area contributed by atoms with Gasteiger partial charge in [0.15, 0.2) is 0 Å². The van der Waals surface area contributed by atoms with Crippen LogP contribution in [0.4, 0.5) is 4.79 Å². The van der Waals surface area contributed by atoms with E-state index >= 15 is 0 Å². The van der Waals surface area contributed by atoms with E-state index in [1.165, 1.54) is 5.56 Å². The highest BCUT2D eigenvalue weighted by Crippen LogP contribution is 2.15. The van der Waals surface area contributed by atoms with Crippen molar-refractivity contribution in [2.45, 2.75) is 26.4 Å². The molecular formula is C13H18N2O. The highest BCUT2D eigenvalue weighted by Gasteiger charge is 2.29. The van der Waals surface area contributed by atoms with Crippen molar-refractivity contribution in [3.05, 3.63) is 35.9 Å². The smallest absolute Gasteiger partial charge is 0.320 e. The van der Waals surface area contributed by atoms with Crippen molar-refractivity contribution < 1.29 is 4.79 Å². The molecule has 2 amide bonds. The second-order valence-corrected chi connectivity index (χ2v) is 4.48. The van der Waals surface area contributed by atoms with E-state index in [-0.39, 0.29) is 6.03 Å². The lowest BCUT2D eigenvalue weighted by Crippen LogP contribution is -2.35. The zero-order chi connectivity index (χ0) is 11.5. The molecule has 16 heavy (non-hydrogen) atoms. The first-order chi connectivity index (χ1) is 7.68. The fourth-order valence-electron chi connectivity index (χ4n) is 2.03. The van der Waals surface area contributed by atoms with Crippen molar-refractivity contribution in [2.24, 2.45) is 0 Å². The van der Waals surface area contributed by atoms with E-state index in [0.29, 0.717) is 6.04 Å². The fraction of sp³-hybridized carbons (Fsp3) is 0.462. The Kier molecular flexibility index (Phi) is 3.13. The predicted molar refractivity (Wildman–Crippen MR) is 64.1 cm³/mol. The maximum absolute atomic E-state index is 12.0. The van der Waals surface area contributed by atoms with Crippen molar-refractivity contribution in [3.8, 4) is 0 Å². The van der Waals surface area contributed by atoms with Crippen LogP contribution in [0.5, 0.6) is 0 Å². The van der Waals surface area contributed by atoms with Crippen molar-refractivity contribution >= 4 is 6.03 Å². The predicted octanol–water partition coefficient (Wildman–Crippen LogP) is 2.33. The number of carbonyl (C=O) groups is 1. The van der Waals surface area contributed by atoms with Gasteiger partial charge >= 0.3 is 6.03 Å². The molecule has 0 radical (unpaired) electrons. The van der Waals surface area contributed by atoms with Crippen LogP contribution in [0.3, 0.4) is 0 Å². The lowest BCUT2D eigenvalue weighted by molar-refractivity contribution is 0.181. The highest BCUT2D eigenvalue weighted by molar-refractivity contribution is 5.76. The van der Waals surface area contributed by atoms with Gasteiger partial charge in [-0.2, -0.15) is 0 Å². The van der Waals surface area contributed by atoms with Crippen LogP contribution in [0.1, 0.15) is 19.4 Å². The first-order valence-corrected chi connectivity index (χ1v) is 5.78. The van der Waals surface area contributed by atoms with E-state index in [0.717, 1.165) is 19.6 Å². The Morgan fingerprint density at radius 1 is 1.19 bits per heavy atom. The number of benzene rings is 1. The molecule has 3 nitrogen and oxygen atoms in total. The normalized spacial score (nSPS) is 16.3. The molecule has 0 N–H and O–H groups in total. The number of urea groups is 1. The number of rotatable bonds is 3. The summed E-state index contributed by atoms with van der Waals surface area (Å²) in [4.78, 5) is 15.8. The Labute approximate surface area is 96.7 Å². The standard InChI is InChI=1S/C13H18N2O/c1-11(2)15-9-8-14(13(15)16)10-12-6-4-3-5-7-12/h3-7,11H,8-10H2,1-2H3. The average Bonchev–Trinajstić information content (AvgIpc) is 2.62. The second kappa shape index (κ2) is 4.56. The molecule has 1 aliphatic rings. The summed E-state index contributed by atoms with van der Waals surface area (Å²) in [5.41, 5.74) is 1.20. The summed E-state index contributed by atoms with van der Waals surface area (Å²) in [5.74, 6) is 0. The van der Waals surface area contributed by atoms with Gasteiger partial charge in [0.1, 0.15) is 0 Å². The van der Waals surface area contributed by atoms with Crippen molar-refractivity contribution in [3.63, 3.8) is 0 Å². The molecular weight excluding hydrogens is 200 g/mol. The van der Waals surface area contributed by atoms with E-state index < -0.39 is 0 Å². The fourth-order valence-corrected chi connectivity index (χ4v) is 2.03. The molecule has 1 aromatic rings. The minimum atomic E-state index is 0.166. The van der Waals surface area contributed by atoms with E-state index in [1.54, 1.807) is 0 Å². The molecule has 0 saturated carbocycles. The average molecular weight is 218 g/mol. The third-order valence-electron chi connectivity index (χ3n) is 2.97. The largest absolute Gasteiger partial charge is 0.320 e. The van der Waals surface area contributed by atoms with Crippen molar-refractivity contribution in [1.29, 1.82) is 0 Å². The molecule has 0 atom stereocenters. The molecule has 0 aromatic heterocycles. The monoisotopic (exact) mass is 218 g/mol. The van der Waals surface area contributed by atoms with Crippen molar-refractivity contribution in [2.75, 3.05) is 13.1 Å². The SMILES string of the molecule is CC(C)N1CCN(Cc2ccccc2)C1=O. The summed E-state index contributed by atoms with van der Waals surface area (Å²) in [7, 11) is 0. The van der Waals surface area contributed by atoms with Gasteiger partial charge < -0.3 is 9.80 Å². The van der Waals surface area contributed by atoms with Gasteiger partial charge in [-0.1, -0.05) is 30.3 Å². The molecule has 1 saturated heterocycles. The molecule has 86 valence electrons. The second-order valence-electron chi connectivity index (χ2n) is 4.48. The Hall–Kier alpha value is -1.51. The molecule has 0 bridgehead atoms. The molecule has 2 rings (SSSR count). The Balaban J connectivity index is 2.01. The molecule has 1 fully saturated rings. The molecule has 0 unspecified atom stereocenters. The lowest BCUT2D eigenvalue weighted by atomic mass is 10.2. The zero-order valence-corrected chi connectivity index (χ0v) is 9.89. The van der Waals surface area contributed by atoms with E-state index in [1.807, 2.05) is 28.0 Å². The van der Waals surface area contributed by atoms with Gasteiger partial charge in [0.05, 0.1) is 0 Å². The molecule has 0 aliphatic carbocycles. The minimum absolute atomic E-state index is 0.166. The molecule has 1 aliphatic heterocycles. The summed E-state index contributed by atoms with van der Waals surface area (Å²) in [5, 5.41) is 0. The third-order valence-corrected chi connectivity index (χ3v) is 2.97. The lowest BCUT2D eigenvalue weighted by Gasteiger charge is -2.21. The van der Waals surface area contributed by atoms with E-state index in [4.69, 9.17) is 0 Å². The Morgan fingerprint density at radius 2 is 1.88 bits per heavy atom. The Morgan fingerprint density at radius 3 is 2.44 bits per heavy atom. The van der Waals surface area contributed by atoms with E-state index in [9.17, 15) is 4.79 Å². The highest BCUT2D eigenvalue weighted by atomic mass is 16.2. The maximum Gasteiger partial charge on any atom is 0.320 e. The minimum Gasteiger partial charge on any atom is -0.320 e. The van der Waals surface area contributed by atoms with Crippen LogP contribution in [0.15, 0.2) is 30.3 Å². The van der Waals surface area contributed by atoms with Gasteiger partial charge in [-0.05, 0) is 19.4 Å². The molecule has 1 heterocycles. The number of amides is 2. The van der Waals surface area contributed by atoms with Crippen LogP contribution in [0.2, 0.25) is 0 Å². The topological polar surface area (TPSA) is 23.6 Å². The van der Waals surface area contributed by atoms with Crippen molar-refractivity contribution in [1.82, 2.24) is 9.80 Å². The van der Waals surface area contributed by atoms with Gasteiger partial charge in [-0.25, -0.2) is 4.79 Å². The van der Waals surface area contributed by atoms with Crippen LogP contribution in [0.25, 0.3) is 0 Å². The van der Waals surface area contributed by atoms with Gasteiger partial charge in [0.25, 0.3) is 0 Å². The number of carbonyl (C=O) groups excluding carboxylic acids is 1. The Bertz CT molecular complexity index is 361. The van der Waals surface area contributed by atoms with Gasteiger partial charge in [-0.15, -0.1) is 0 Å². The summed E-state index contributed by atoms with van der Waals surface area (Å²) in [6.07, 6.45) is 0.